The highest BCUT2D eigenvalue weighted by atomic mass is 16.5. The molecule has 0 aliphatic rings. The third-order valence-electron chi connectivity index (χ3n) is 5.22. The standard InChI is InChI=1S/C26H28N2O4/c1-4-13-27(14-5-2)15-16-32-22-11-9-20(10-12-22)26(31)28-19(3)17-23-21(18-25(29)30)7-6-8-24(23)28/h4-12,17H,1-2,13-16,18H2,3H3,(H,29,30). The van der Waals surface area contributed by atoms with E-state index in [0.29, 0.717) is 29.0 Å². The number of aliphatic carboxylic acids is 1. The Morgan fingerprint density at radius 3 is 2.41 bits per heavy atom. The number of hydrogen-bond acceptors (Lipinski definition) is 4. The molecule has 1 heterocycles. The van der Waals surface area contributed by atoms with E-state index in [9.17, 15) is 9.59 Å². The molecule has 0 saturated heterocycles. The number of aryl methyl sites for hydroxylation is 1. The summed E-state index contributed by atoms with van der Waals surface area (Å²) in [5.41, 5.74) is 2.68. The van der Waals surface area contributed by atoms with Crippen molar-refractivity contribution in [3.05, 3.63) is 90.7 Å². The molecule has 32 heavy (non-hydrogen) atoms. The first-order valence-electron chi connectivity index (χ1n) is 10.5. The minimum Gasteiger partial charge on any atom is -0.492 e. The van der Waals surface area contributed by atoms with E-state index in [1.54, 1.807) is 41.0 Å². The van der Waals surface area contributed by atoms with Gasteiger partial charge in [0, 0.05) is 36.3 Å². The Morgan fingerprint density at radius 2 is 1.78 bits per heavy atom. The van der Waals surface area contributed by atoms with Crippen LogP contribution in [-0.2, 0) is 11.2 Å². The van der Waals surface area contributed by atoms with Gasteiger partial charge in [-0.15, -0.1) is 13.2 Å². The van der Waals surface area contributed by atoms with E-state index in [1.807, 2.05) is 31.2 Å². The van der Waals surface area contributed by atoms with Crippen LogP contribution in [0.2, 0.25) is 0 Å². The molecule has 6 heteroatoms. The summed E-state index contributed by atoms with van der Waals surface area (Å²) in [6.45, 7) is 12.2. The van der Waals surface area contributed by atoms with E-state index >= 15 is 0 Å². The molecule has 0 radical (unpaired) electrons. The van der Waals surface area contributed by atoms with Gasteiger partial charge in [0.2, 0.25) is 0 Å². The lowest BCUT2D eigenvalue weighted by atomic mass is 10.1. The average molecular weight is 433 g/mol. The molecule has 1 N–H and O–H groups in total. The number of carbonyl (C=O) groups is 2. The number of rotatable bonds is 11. The lowest BCUT2D eigenvalue weighted by Crippen LogP contribution is -2.28. The summed E-state index contributed by atoms with van der Waals surface area (Å²) < 4.78 is 7.44. The number of aromatic nitrogens is 1. The minimum atomic E-state index is -0.901. The number of carbonyl (C=O) groups excluding carboxylic acids is 1. The SMILES string of the molecule is C=CCN(CC=C)CCOc1ccc(C(=O)n2c(C)cc3c(CC(=O)O)cccc32)cc1. The summed E-state index contributed by atoms with van der Waals surface area (Å²) in [6.07, 6.45) is 3.61. The van der Waals surface area contributed by atoms with Crippen LogP contribution in [0.25, 0.3) is 10.9 Å². The molecule has 0 aliphatic heterocycles. The Balaban J connectivity index is 1.74. The predicted molar refractivity (Wildman–Crippen MR) is 127 cm³/mol. The van der Waals surface area contributed by atoms with Gasteiger partial charge < -0.3 is 9.84 Å². The van der Waals surface area contributed by atoms with Gasteiger partial charge >= 0.3 is 5.97 Å². The normalized spacial score (nSPS) is 10.9. The average Bonchev–Trinajstić information content (AvgIpc) is 3.10. The molecule has 0 saturated carbocycles. The topological polar surface area (TPSA) is 71.8 Å². The maximum Gasteiger partial charge on any atom is 0.307 e. The van der Waals surface area contributed by atoms with E-state index in [0.717, 1.165) is 30.7 Å². The zero-order valence-electron chi connectivity index (χ0n) is 18.3. The van der Waals surface area contributed by atoms with E-state index in [4.69, 9.17) is 9.84 Å². The highest BCUT2D eigenvalue weighted by molar-refractivity contribution is 6.04. The summed E-state index contributed by atoms with van der Waals surface area (Å²) in [5, 5.41) is 9.95. The Hall–Kier alpha value is -3.64. The smallest absolute Gasteiger partial charge is 0.307 e. The lowest BCUT2D eigenvalue weighted by molar-refractivity contribution is -0.136. The van der Waals surface area contributed by atoms with Crippen molar-refractivity contribution in [1.82, 2.24) is 9.47 Å². The van der Waals surface area contributed by atoms with Gasteiger partial charge in [0.05, 0.1) is 11.9 Å². The van der Waals surface area contributed by atoms with Crippen LogP contribution in [-0.4, -0.2) is 52.7 Å². The maximum absolute atomic E-state index is 13.2. The number of fused-ring (bicyclic) bond motifs is 1. The van der Waals surface area contributed by atoms with Gasteiger partial charge in [-0.2, -0.15) is 0 Å². The van der Waals surface area contributed by atoms with Gasteiger partial charge in [0.15, 0.2) is 0 Å². The van der Waals surface area contributed by atoms with Crippen molar-refractivity contribution in [1.29, 1.82) is 0 Å². The number of nitrogens with zero attached hydrogens (tertiary/aromatic N) is 2. The third-order valence-corrected chi connectivity index (χ3v) is 5.22. The van der Waals surface area contributed by atoms with Crippen LogP contribution >= 0.6 is 0 Å². The quantitative estimate of drug-likeness (QED) is 0.457. The van der Waals surface area contributed by atoms with Crippen molar-refractivity contribution in [2.24, 2.45) is 0 Å². The molecular weight excluding hydrogens is 404 g/mol. The first-order valence-corrected chi connectivity index (χ1v) is 10.5. The second-order valence-corrected chi connectivity index (χ2v) is 7.56. The van der Waals surface area contributed by atoms with Crippen molar-refractivity contribution in [3.63, 3.8) is 0 Å². The summed E-state index contributed by atoms with van der Waals surface area (Å²) in [4.78, 5) is 26.5. The molecule has 1 aromatic heterocycles. The van der Waals surface area contributed by atoms with Crippen molar-refractivity contribution >= 4 is 22.8 Å². The molecule has 0 amide bonds. The van der Waals surface area contributed by atoms with Crippen LogP contribution in [0.3, 0.4) is 0 Å². The zero-order valence-corrected chi connectivity index (χ0v) is 18.3. The summed E-state index contributed by atoms with van der Waals surface area (Å²) in [7, 11) is 0. The molecule has 166 valence electrons. The van der Waals surface area contributed by atoms with E-state index < -0.39 is 5.97 Å². The van der Waals surface area contributed by atoms with Crippen molar-refractivity contribution in [2.75, 3.05) is 26.2 Å². The fourth-order valence-corrected chi connectivity index (χ4v) is 3.75. The van der Waals surface area contributed by atoms with Gasteiger partial charge in [-0.3, -0.25) is 19.1 Å². The maximum atomic E-state index is 13.2. The number of carboxylic acid groups (broad SMARTS) is 1. The van der Waals surface area contributed by atoms with E-state index in [1.165, 1.54) is 0 Å². The molecule has 0 fully saturated rings. The summed E-state index contributed by atoms with van der Waals surface area (Å²) in [6, 6.07) is 14.3. The second kappa shape index (κ2) is 10.6. The van der Waals surface area contributed by atoms with E-state index in [2.05, 4.69) is 18.1 Å². The minimum absolute atomic E-state index is 0.0853. The van der Waals surface area contributed by atoms with Crippen LogP contribution < -0.4 is 4.74 Å². The Kier molecular flexibility index (Phi) is 7.63. The van der Waals surface area contributed by atoms with Crippen molar-refractivity contribution < 1.29 is 19.4 Å². The molecule has 0 bridgehead atoms. The molecule has 3 aromatic rings. The van der Waals surface area contributed by atoms with Crippen LogP contribution in [0.4, 0.5) is 0 Å². The number of benzene rings is 2. The van der Waals surface area contributed by atoms with Crippen molar-refractivity contribution in [2.45, 2.75) is 13.3 Å². The molecular formula is C26H28N2O4. The fourth-order valence-electron chi connectivity index (χ4n) is 3.75. The van der Waals surface area contributed by atoms with Crippen LogP contribution in [0.1, 0.15) is 21.6 Å². The van der Waals surface area contributed by atoms with Gasteiger partial charge in [-0.25, -0.2) is 0 Å². The predicted octanol–water partition coefficient (Wildman–Crippen LogP) is 4.32. The molecule has 3 rings (SSSR count). The molecule has 0 atom stereocenters. The number of carboxylic acids is 1. The summed E-state index contributed by atoms with van der Waals surface area (Å²) in [5.74, 6) is -0.377. The third kappa shape index (κ3) is 5.34. The van der Waals surface area contributed by atoms with Crippen LogP contribution in [0.5, 0.6) is 5.75 Å². The van der Waals surface area contributed by atoms with Gasteiger partial charge in [-0.05, 0) is 48.9 Å². The molecule has 0 spiro atoms. The highest BCUT2D eigenvalue weighted by Crippen LogP contribution is 2.25. The first kappa shape index (κ1) is 23.0. The summed E-state index contributed by atoms with van der Waals surface area (Å²) >= 11 is 0. The lowest BCUT2D eigenvalue weighted by Gasteiger charge is -2.18. The Morgan fingerprint density at radius 1 is 1.09 bits per heavy atom. The Bertz CT molecular complexity index is 1120. The van der Waals surface area contributed by atoms with Crippen LogP contribution in [0.15, 0.2) is 73.8 Å². The van der Waals surface area contributed by atoms with Crippen LogP contribution in [0, 0.1) is 6.92 Å². The van der Waals surface area contributed by atoms with Gasteiger partial charge in [0.25, 0.3) is 5.91 Å². The molecule has 2 aromatic carbocycles. The molecule has 0 unspecified atom stereocenters. The largest absolute Gasteiger partial charge is 0.492 e. The van der Waals surface area contributed by atoms with Crippen molar-refractivity contribution in [3.8, 4) is 5.75 Å². The second-order valence-electron chi connectivity index (χ2n) is 7.56. The van der Waals surface area contributed by atoms with Gasteiger partial charge in [0.1, 0.15) is 12.4 Å². The monoisotopic (exact) mass is 432 g/mol. The number of hydrogen-bond donors (Lipinski definition) is 1. The first-order chi connectivity index (χ1) is 15.4. The van der Waals surface area contributed by atoms with E-state index in [-0.39, 0.29) is 12.3 Å². The van der Waals surface area contributed by atoms with Gasteiger partial charge in [-0.1, -0.05) is 24.3 Å². The number of ether oxygens (including phenoxy) is 1. The fraction of sp³-hybridized carbons (Fsp3) is 0.231. The molecule has 6 nitrogen and oxygen atoms in total. The Labute approximate surface area is 188 Å². The highest BCUT2D eigenvalue weighted by Gasteiger charge is 2.17. The molecule has 0 aliphatic carbocycles. The zero-order chi connectivity index (χ0) is 23.1.